The molecule has 0 saturated carbocycles. The maximum atomic E-state index is 10.6. The van der Waals surface area contributed by atoms with Crippen molar-refractivity contribution in [3.05, 3.63) is 63.6 Å². The highest BCUT2D eigenvalue weighted by Gasteiger charge is 2.09. The Hall–Kier alpha value is -2.17. The van der Waals surface area contributed by atoms with E-state index in [9.17, 15) is 4.79 Å². The molecular weight excluding hydrogens is 339 g/mol. The van der Waals surface area contributed by atoms with E-state index in [1.165, 1.54) is 13.2 Å². The third-order valence-electron chi connectivity index (χ3n) is 3.04. The highest BCUT2D eigenvalue weighted by atomic mass is 35.5. The Morgan fingerprint density at radius 2 is 1.87 bits per heavy atom. The lowest BCUT2D eigenvalue weighted by Gasteiger charge is -2.13. The third-order valence-corrected chi connectivity index (χ3v) is 3.75. The van der Waals surface area contributed by atoms with E-state index >= 15 is 0 Å². The molecule has 0 aliphatic carbocycles. The molecule has 0 amide bonds. The van der Waals surface area contributed by atoms with Crippen LogP contribution in [-0.4, -0.2) is 18.2 Å². The first kappa shape index (κ1) is 17.2. The van der Waals surface area contributed by atoms with Crippen molar-refractivity contribution in [1.82, 2.24) is 0 Å². The van der Waals surface area contributed by atoms with Gasteiger partial charge in [0.1, 0.15) is 6.61 Å². The summed E-state index contributed by atoms with van der Waals surface area (Å²) in [6.45, 7) is 0.168. The molecule has 0 saturated heterocycles. The summed E-state index contributed by atoms with van der Waals surface area (Å²) in [6, 6.07) is 10.3. The second-order valence-corrected chi connectivity index (χ2v) is 5.39. The van der Waals surface area contributed by atoms with Gasteiger partial charge in [-0.25, -0.2) is 4.79 Å². The number of benzene rings is 2. The van der Waals surface area contributed by atoms with Crippen molar-refractivity contribution >= 4 is 35.2 Å². The van der Waals surface area contributed by atoms with Crippen molar-refractivity contribution < 1.29 is 19.4 Å². The average molecular weight is 353 g/mol. The van der Waals surface area contributed by atoms with Crippen LogP contribution in [0, 0.1) is 0 Å². The molecule has 0 atom stereocenters. The molecule has 0 aromatic heterocycles. The minimum Gasteiger partial charge on any atom is -0.493 e. The summed E-state index contributed by atoms with van der Waals surface area (Å²) in [5.41, 5.74) is 1.35. The van der Waals surface area contributed by atoms with Gasteiger partial charge < -0.3 is 14.6 Å². The molecular formula is C17H14Cl2O4. The van der Waals surface area contributed by atoms with E-state index in [1.807, 2.05) is 0 Å². The number of carboxylic acids is 1. The lowest BCUT2D eigenvalue weighted by molar-refractivity contribution is -0.131. The van der Waals surface area contributed by atoms with Gasteiger partial charge in [-0.1, -0.05) is 35.3 Å². The van der Waals surface area contributed by atoms with Gasteiger partial charge in [-0.15, -0.1) is 0 Å². The first-order valence-corrected chi connectivity index (χ1v) is 7.41. The van der Waals surface area contributed by atoms with Crippen LogP contribution in [0.5, 0.6) is 11.5 Å². The van der Waals surface area contributed by atoms with Crippen LogP contribution in [0.4, 0.5) is 0 Å². The van der Waals surface area contributed by atoms with Crippen LogP contribution in [0.2, 0.25) is 10.0 Å². The topological polar surface area (TPSA) is 55.8 Å². The summed E-state index contributed by atoms with van der Waals surface area (Å²) in [5, 5.41) is 9.71. The first-order valence-electron chi connectivity index (χ1n) is 6.66. The van der Waals surface area contributed by atoms with E-state index < -0.39 is 5.97 Å². The molecule has 2 aromatic rings. The van der Waals surface area contributed by atoms with Crippen molar-refractivity contribution in [2.24, 2.45) is 0 Å². The van der Waals surface area contributed by atoms with E-state index in [4.69, 9.17) is 37.8 Å². The fourth-order valence-electron chi connectivity index (χ4n) is 1.90. The zero-order valence-electron chi connectivity index (χ0n) is 12.3. The fourth-order valence-corrected chi connectivity index (χ4v) is 2.40. The van der Waals surface area contributed by atoms with Crippen molar-refractivity contribution in [2.75, 3.05) is 7.11 Å². The highest BCUT2D eigenvalue weighted by Crippen LogP contribution is 2.31. The van der Waals surface area contributed by atoms with Crippen LogP contribution >= 0.6 is 23.2 Å². The monoisotopic (exact) mass is 352 g/mol. The zero-order chi connectivity index (χ0) is 16.8. The Balaban J connectivity index is 2.24. The predicted molar refractivity (Wildman–Crippen MR) is 90.5 cm³/mol. The lowest BCUT2D eigenvalue weighted by Crippen LogP contribution is -1.99. The lowest BCUT2D eigenvalue weighted by atomic mass is 10.2. The molecule has 0 heterocycles. The molecule has 0 aliphatic heterocycles. The highest BCUT2D eigenvalue weighted by molar-refractivity contribution is 6.35. The third kappa shape index (κ3) is 4.65. The molecule has 23 heavy (non-hydrogen) atoms. The summed E-state index contributed by atoms with van der Waals surface area (Å²) in [4.78, 5) is 10.6. The second-order valence-electron chi connectivity index (χ2n) is 4.57. The molecule has 6 heteroatoms. The quantitative estimate of drug-likeness (QED) is 0.767. The van der Waals surface area contributed by atoms with Gasteiger partial charge in [-0.3, -0.25) is 0 Å². The molecule has 4 nitrogen and oxygen atoms in total. The number of hydrogen-bond acceptors (Lipinski definition) is 3. The maximum absolute atomic E-state index is 10.6. The number of carboxylic acid groups (broad SMARTS) is 1. The zero-order valence-corrected chi connectivity index (χ0v) is 13.8. The summed E-state index contributed by atoms with van der Waals surface area (Å²) in [5.74, 6) is -0.0252. The smallest absolute Gasteiger partial charge is 0.328 e. The summed E-state index contributed by atoms with van der Waals surface area (Å²) in [6.07, 6.45) is 2.52. The van der Waals surface area contributed by atoms with Gasteiger partial charge in [0.2, 0.25) is 0 Å². The number of ether oxygens (including phenoxy) is 2. The van der Waals surface area contributed by atoms with Gasteiger partial charge >= 0.3 is 5.97 Å². The molecule has 0 aliphatic rings. The summed E-state index contributed by atoms with van der Waals surface area (Å²) < 4.78 is 11.0. The SMILES string of the molecule is COc1ccc(/C=C/C(=O)O)cc1OCc1c(Cl)cccc1Cl. The van der Waals surface area contributed by atoms with E-state index in [-0.39, 0.29) is 6.61 Å². The number of methoxy groups -OCH3 is 1. The van der Waals surface area contributed by atoms with Crippen LogP contribution in [0.1, 0.15) is 11.1 Å². The number of carbonyl (C=O) groups is 1. The standard InChI is InChI=1S/C17H14Cl2O4/c1-22-15-7-5-11(6-8-17(20)21)9-16(15)23-10-12-13(18)3-2-4-14(12)19/h2-9H,10H2,1H3,(H,20,21)/b8-6+. The Morgan fingerprint density at radius 1 is 1.17 bits per heavy atom. The van der Waals surface area contributed by atoms with Crippen LogP contribution in [0.25, 0.3) is 6.08 Å². The Morgan fingerprint density at radius 3 is 2.48 bits per heavy atom. The van der Waals surface area contributed by atoms with E-state index in [0.29, 0.717) is 32.7 Å². The number of halogens is 2. The van der Waals surface area contributed by atoms with Crippen molar-refractivity contribution in [3.8, 4) is 11.5 Å². The van der Waals surface area contributed by atoms with Crippen LogP contribution in [0.15, 0.2) is 42.5 Å². The van der Waals surface area contributed by atoms with Crippen molar-refractivity contribution in [1.29, 1.82) is 0 Å². The number of rotatable bonds is 6. The molecule has 0 fully saturated rings. The first-order chi connectivity index (χ1) is 11.0. The Labute approximate surface area is 143 Å². The fraction of sp³-hybridized carbons (Fsp3) is 0.118. The Bertz CT molecular complexity index is 721. The maximum Gasteiger partial charge on any atom is 0.328 e. The molecule has 0 radical (unpaired) electrons. The molecule has 0 bridgehead atoms. The molecule has 0 unspecified atom stereocenters. The molecule has 2 aromatic carbocycles. The largest absolute Gasteiger partial charge is 0.493 e. The van der Waals surface area contributed by atoms with Crippen molar-refractivity contribution in [2.45, 2.75) is 6.61 Å². The number of hydrogen-bond donors (Lipinski definition) is 1. The normalized spacial score (nSPS) is 10.7. The molecule has 2 rings (SSSR count). The summed E-state index contributed by atoms with van der Waals surface area (Å²) in [7, 11) is 1.53. The van der Waals surface area contributed by atoms with Crippen LogP contribution in [0.3, 0.4) is 0 Å². The minimum atomic E-state index is -1.02. The van der Waals surface area contributed by atoms with Crippen LogP contribution < -0.4 is 9.47 Å². The number of aliphatic carboxylic acids is 1. The van der Waals surface area contributed by atoms with Gasteiger partial charge in [-0.05, 0) is 35.9 Å². The molecule has 0 spiro atoms. The van der Waals surface area contributed by atoms with Gasteiger partial charge in [-0.2, -0.15) is 0 Å². The van der Waals surface area contributed by atoms with E-state index in [2.05, 4.69) is 0 Å². The molecule has 1 N–H and O–H groups in total. The average Bonchev–Trinajstić information content (AvgIpc) is 2.52. The second kappa shape index (κ2) is 7.90. The van der Waals surface area contributed by atoms with Gasteiger partial charge in [0.05, 0.1) is 7.11 Å². The van der Waals surface area contributed by atoms with Crippen LogP contribution in [-0.2, 0) is 11.4 Å². The van der Waals surface area contributed by atoms with Gasteiger partial charge in [0.25, 0.3) is 0 Å². The molecule has 120 valence electrons. The van der Waals surface area contributed by atoms with Gasteiger partial charge in [0.15, 0.2) is 11.5 Å². The van der Waals surface area contributed by atoms with E-state index in [1.54, 1.807) is 36.4 Å². The predicted octanol–water partition coefficient (Wildman–Crippen LogP) is 4.68. The summed E-state index contributed by atoms with van der Waals surface area (Å²) >= 11 is 12.2. The van der Waals surface area contributed by atoms with Crippen molar-refractivity contribution in [3.63, 3.8) is 0 Å². The van der Waals surface area contributed by atoms with E-state index in [0.717, 1.165) is 6.08 Å². The minimum absolute atomic E-state index is 0.168. The van der Waals surface area contributed by atoms with Gasteiger partial charge in [0, 0.05) is 21.7 Å². The Kier molecular flexibility index (Phi) is 5.90.